The molecule has 0 unspecified atom stereocenters. The minimum atomic E-state index is -0.169. The third-order valence-corrected chi connectivity index (χ3v) is 3.60. The van der Waals surface area contributed by atoms with Crippen LogP contribution in [0.1, 0.15) is 22.3 Å². The van der Waals surface area contributed by atoms with Crippen LogP contribution in [0.4, 0.5) is 5.69 Å². The van der Waals surface area contributed by atoms with Crippen molar-refractivity contribution < 1.29 is 9.53 Å². The van der Waals surface area contributed by atoms with Crippen molar-refractivity contribution in [3.8, 4) is 5.75 Å². The highest BCUT2D eigenvalue weighted by Gasteiger charge is 2.08. The maximum absolute atomic E-state index is 12.1. The lowest BCUT2D eigenvalue weighted by molar-refractivity contribution is 0.0952. The second-order valence-corrected chi connectivity index (χ2v) is 5.92. The first-order chi connectivity index (χ1) is 11.6. The molecule has 128 valence electrons. The van der Waals surface area contributed by atoms with Gasteiger partial charge < -0.3 is 20.7 Å². The summed E-state index contributed by atoms with van der Waals surface area (Å²) in [6.45, 7) is 2.16. The zero-order valence-corrected chi connectivity index (χ0v) is 14.3. The number of ether oxygens (including phenoxy) is 1. The smallest absolute Gasteiger partial charge is 0.253 e. The molecule has 0 spiro atoms. The Balaban J connectivity index is 1.79. The Morgan fingerprint density at radius 2 is 1.83 bits per heavy atom. The van der Waals surface area contributed by atoms with Crippen LogP contribution >= 0.6 is 0 Å². The lowest BCUT2D eigenvalue weighted by atomic mass is 10.1. The van der Waals surface area contributed by atoms with Crippen molar-refractivity contribution in [1.29, 1.82) is 0 Å². The number of hydrogen-bond acceptors (Lipinski definition) is 4. The van der Waals surface area contributed by atoms with Crippen LogP contribution in [-0.4, -0.2) is 38.1 Å². The maximum Gasteiger partial charge on any atom is 0.253 e. The summed E-state index contributed by atoms with van der Waals surface area (Å²) in [4.78, 5) is 14.2. The molecule has 1 amide bonds. The standard InChI is InChI=1S/C19H25N3O2/c1-22(2)12-5-13-24-16-10-8-15(9-11-16)14-21-19(23)17-6-3-4-7-18(17)20/h3-4,6-11H,5,12-14,20H2,1-2H3,(H,21,23). The fourth-order valence-corrected chi connectivity index (χ4v) is 2.26. The molecule has 0 radical (unpaired) electrons. The van der Waals surface area contributed by atoms with E-state index >= 15 is 0 Å². The number of nitrogen functional groups attached to an aromatic ring is 1. The minimum absolute atomic E-state index is 0.169. The predicted octanol–water partition coefficient (Wildman–Crippen LogP) is 2.53. The quantitative estimate of drug-likeness (QED) is 0.577. The number of nitrogens with two attached hydrogens (primary N) is 1. The van der Waals surface area contributed by atoms with Crippen LogP contribution < -0.4 is 15.8 Å². The van der Waals surface area contributed by atoms with Crippen molar-refractivity contribution in [2.45, 2.75) is 13.0 Å². The molecule has 3 N–H and O–H groups in total. The average Bonchev–Trinajstić information content (AvgIpc) is 2.58. The number of nitrogens with one attached hydrogen (secondary N) is 1. The van der Waals surface area contributed by atoms with Crippen LogP contribution in [0.15, 0.2) is 48.5 Å². The van der Waals surface area contributed by atoms with Gasteiger partial charge in [-0.1, -0.05) is 24.3 Å². The second kappa shape index (κ2) is 8.93. The molecule has 0 atom stereocenters. The first-order valence-electron chi connectivity index (χ1n) is 8.05. The Labute approximate surface area is 143 Å². The maximum atomic E-state index is 12.1. The van der Waals surface area contributed by atoms with E-state index in [1.165, 1.54) is 0 Å². The van der Waals surface area contributed by atoms with Gasteiger partial charge in [-0.25, -0.2) is 0 Å². The topological polar surface area (TPSA) is 67.6 Å². The van der Waals surface area contributed by atoms with E-state index in [1.807, 2.05) is 44.4 Å². The van der Waals surface area contributed by atoms with Gasteiger partial charge in [-0.05, 0) is 50.3 Å². The number of anilines is 1. The largest absolute Gasteiger partial charge is 0.494 e. The van der Waals surface area contributed by atoms with E-state index in [4.69, 9.17) is 10.5 Å². The van der Waals surface area contributed by atoms with E-state index < -0.39 is 0 Å². The molecular weight excluding hydrogens is 302 g/mol. The van der Waals surface area contributed by atoms with Gasteiger partial charge in [0.25, 0.3) is 5.91 Å². The van der Waals surface area contributed by atoms with Gasteiger partial charge >= 0.3 is 0 Å². The molecule has 0 saturated carbocycles. The summed E-state index contributed by atoms with van der Waals surface area (Å²) in [5.41, 5.74) is 7.80. The number of hydrogen-bond donors (Lipinski definition) is 2. The molecule has 0 bridgehead atoms. The normalized spacial score (nSPS) is 10.6. The summed E-state index contributed by atoms with van der Waals surface area (Å²) in [5, 5.41) is 2.88. The number of benzene rings is 2. The van der Waals surface area contributed by atoms with E-state index in [9.17, 15) is 4.79 Å². The summed E-state index contributed by atoms with van der Waals surface area (Å²) >= 11 is 0. The first kappa shape index (κ1) is 17.8. The molecule has 0 aliphatic heterocycles. The lowest BCUT2D eigenvalue weighted by Crippen LogP contribution is -2.23. The van der Waals surface area contributed by atoms with Crippen molar-refractivity contribution in [3.63, 3.8) is 0 Å². The van der Waals surface area contributed by atoms with Crippen molar-refractivity contribution in [2.24, 2.45) is 0 Å². The second-order valence-electron chi connectivity index (χ2n) is 5.92. The van der Waals surface area contributed by atoms with Gasteiger partial charge in [0.2, 0.25) is 0 Å². The van der Waals surface area contributed by atoms with Crippen LogP contribution in [0.2, 0.25) is 0 Å². The molecule has 2 aromatic carbocycles. The zero-order valence-electron chi connectivity index (χ0n) is 14.3. The molecule has 0 saturated heterocycles. The molecular formula is C19H25N3O2. The van der Waals surface area contributed by atoms with Crippen LogP contribution in [-0.2, 0) is 6.54 Å². The molecule has 0 fully saturated rings. The third-order valence-electron chi connectivity index (χ3n) is 3.60. The Kier molecular flexibility index (Phi) is 6.63. The van der Waals surface area contributed by atoms with Gasteiger partial charge in [0, 0.05) is 18.8 Å². The fraction of sp³-hybridized carbons (Fsp3) is 0.316. The molecule has 2 rings (SSSR count). The third kappa shape index (κ3) is 5.59. The highest BCUT2D eigenvalue weighted by atomic mass is 16.5. The first-order valence-corrected chi connectivity index (χ1v) is 8.05. The number of amides is 1. The van der Waals surface area contributed by atoms with Crippen molar-refractivity contribution in [2.75, 3.05) is 33.0 Å². The minimum Gasteiger partial charge on any atom is -0.494 e. The Morgan fingerprint density at radius 3 is 2.50 bits per heavy atom. The monoisotopic (exact) mass is 327 g/mol. The molecule has 5 nitrogen and oxygen atoms in total. The summed E-state index contributed by atoms with van der Waals surface area (Å²) in [6.07, 6.45) is 0.989. The van der Waals surface area contributed by atoms with E-state index in [2.05, 4.69) is 10.2 Å². The molecule has 24 heavy (non-hydrogen) atoms. The summed E-state index contributed by atoms with van der Waals surface area (Å²) < 4.78 is 5.69. The molecule has 5 heteroatoms. The average molecular weight is 327 g/mol. The highest BCUT2D eigenvalue weighted by molar-refractivity contribution is 5.98. The van der Waals surface area contributed by atoms with Crippen molar-refractivity contribution in [1.82, 2.24) is 10.2 Å². The van der Waals surface area contributed by atoms with Crippen LogP contribution in [0.3, 0.4) is 0 Å². The number of para-hydroxylation sites is 1. The van der Waals surface area contributed by atoms with E-state index in [-0.39, 0.29) is 5.91 Å². The predicted molar refractivity (Wildman–Crippen MR) is 97.1 cm³/mol. The molecule has 0 heterocycles. The van der Waals surface area contributed by atoms with Crippen LogP contribution in [0, 0.1) is 0 Å². The van der Waals surface area contributed by atoms with Gasteiger partial charge in [0.05, 0.1) is 12.2 Å². The van der Waals surface area contributed by atoms with Gasteiger partial charge in [0.15, 0.2) is 0 Å². The molecule has 2 aromatic rings. The summed E-state index contributed by atoms with van der Waals surface area (Å²) in [5.74, 6) is 0.674. The van der Waals surface area contributed by atoms with Gasteiger partial charge in [0.1, 0.15) is 5.75 Å². The molecule has 0 aromatic heterocycles. The number of nitrogens with zero attached hydrogens (tertiary/aromatic N) is 1. The lowest BCUT2D eigenvalue weighted by Gasteiger charge is -2.11. The van der Waals surface area contributed by atoms with E-state index in [0.717, 1.165) is 24.3 Å². The summed E-state index contributed by atoms with van der Waals surface area (Å²) in [6, 6.07) is 14.8. The Hall–Kier alpha value is -2.53. The Bertz CT molecular complexity index is 654. The molecule has 0 aliphatic carbocycles. The number of carbonyl (C=O) groups is 1. The Morgan fingerprint density at radius 1 is 1.12 bits per heavy atom. The van der Waals surface area contributed by atoms with Crippen molar-refractivity contribution in [3.05, 3.63) is 59.7 Å². The van der Waals surface area contributed by atoms with Gasteiger partial charge in [-0.3, -0.25) is 4.79 Å². The SMILES string of the molecule is CN(C)CCCOc1ccc(CNC(=O)c2ccccc2N)cc1. The number of rotatable bonds is 8. The summed E-state index contributed by atoms with van der Waals surface area (Å²) in [7, 11) is 4.10. The fourth-order valence-electron chi connectivity index (χ4n) is 2.26. The highest BCUT2D eigenvalue weighted by Crippen LogP contribution is 2.13. The van der Waals surface area contributed by atoms with Gasteiger partial charge in [-0.15, -0.1) is 0 Å². The zero-order chi connectivity index (χ0) is 17.4. The van der Waals surface area contributed by atoms with Crippen LogP contribution in [0.5, 0.6) is 5.75 Å². The van der Waals surface area contributed by atoms with Crippen LogP contribution in [0.25, 0.3) is 0 Å². The van der Waals surface area contributed by atoms with Gasteiger partial charge in [-0.2, -0.15) is 0 Å². The van der Waals surface area contributed by atoms with E-state index in [0.29, 0.717) is 24.4 Å². The van der Waals surface area contributed by atoms with Crippen molar-refractivity contribution >= 4 is 11.6 Å². The molecule has 0 aliphatic rings. The number of carbonyl (C=O) groups excluding carboxylic acids is 1. The van der Waals surface area contributed by atoms with E-state index in [1.54, 1.807) is 18.2 Å².